The molecular weight excluding hydrogens is 344 g/mol. The Kier molecular flexibility index (Phi) is 5.55. The van der Waals surface area contributed by atoms with Gasteiger partial charge in [-0.15, -0.1) is 0 Å². The van der Waals surface area contributed by atoms with E-state index < -0.39 is 11.2 Å². The van der Waals surface area contributed by atoms with Crippen LogP contribution in [0.4, 0.5) is 5.69 Å². The second-order valence-corrected chi connectivity index (χ2v) is 7.05. The lowest BCUT2D eigenvalue weighted by atomic mass is 10.1. The number of nitrogens with zero attached hydrogens (tertiary/aromatic N) is 4. The van der Waals surface area contributed by atoms with E-state index in [9.17, 15) is 9.59 Å². The summed E-state index contributed by atoms with van der Waals surface area (Å²) in [7, 11) is 4.07. The molecule has 27 heavy (non-hydrogen) atoms. The number of benzene rings is 1. The summed E-state index contributed by atoms with van der Waals surface area (Å²) in [5, 5.41) is 3.46. The number of hydrogen-bond donors (Lipinski definition) is 2. The molecule has 0 fully saturated rings. The van der Waals surface area contributed by atoms with Crippen molar-refractivity contribution in [3.8, 4) is 11.5 Å². The first-order chi connectivity index (χ1) is 12.9. The molecule has 144 valence electrons. The highest BCUT2D eigenvalue weighted by molar-refractivity contribution is 5.84. The maximum Gasteiger partial charge on any atom is 0.349 e. The van der Waals surface area contributed by atoms with Crippen LogP contribution in [0.2, 0.25) is 0 Å². The number of H-pyrrole nitrogens is 1. The van der Waals surface area contributed by atoms with Gasteiger partial charge in [-0.05, 0) is 45.1 Å². The van der Waals surface area contributed by atoms with Crippen LogP contribution in [0, 0.1) is 6.92 Å². The summed E-state index contributed by atoms with van der Waals surface area (Å²) in [5.41, 5.74) is 2.72. The minimum absolute atomic E-state index is 0.200. The van der Waals surface area contributed by atoms with Crippen molar-refractivity contribution in [1.82, 2.24) is 24.4 Å². The van der Waals surface area contributed by atoms with Gasteiger partial charge in [0, 0.05) is 25.3 Å². The van der Waals surface area contributed by atoms with Gasteiger partial charge in [0.25, 0.3) is 5.56 Å². The fourth-order valence-corrected chi connectivity index (χ4v) is 3.09. The highest BCUT2D eigenvalue weighted by Gasteiger charge is 2.19. The van der Waals surface area contributed by atoms with Crippen LogP contribution in [0.1, 0.15) is 25.3 Å². The van der Waals surface area contributed by atoms with E-state index in [-0.39, 0.29) is 5.69 Å². The first-order valence-electron chi connectivity index (χ1n) is 9.24. The van der Waals surface area contributed by atoms with Crippen LogP contribution < -0.4 is 16.6 Å². The molecule has 0 spiro atoms. The van der Waals surface area contributed by atoms with Crippen LogP contribution in [0.25, 0.3) is 22.6 Å². The zero-order chi connectivity index (χ0) is 19.6. The predicted octanol–water partition coefficient (Wildman–Crippen LogP) is 1.67. The lowest BCUT2D eigenvalue weighted by molar-refractivity contribution is 0.425. The van der Waals surface area contributed by atoms with E-state index in [1.165, 1.54) is 0 Å². The number of anilines is 1. The first kappa shape index (κ1) is 19.0. The molecule has 0 amide bonds. The van der Waals surface area contributed by atoms with Gasteiger partial charge in [0.1, 0.15) is 0 Å². The van der Waals surface area contributed by atoms with Crippen molar-refractivity contribution in [3.05, 3.63) is 38.5 Å². The normalized spacial score (nSPS) is 11.6. The molecule has 2 heterocycles. The summed E-state index contributed by atoms with van der Waals surface area (Å²) >= 11 is 0. The summed E-state index contributed by atoms with van der Waals surface area (Å²) in [6.45, 7) is 6.52. The molecule has 2 N–H and O–H groups in total. The van der Waals surface area contributed by atoms with Gasteiger partial charge in [0.05, 0.1) is 11.0 Å². The monoisotopic (exact) mass is 370 g/mol. The van der Waals surface area contributed by atoms with Crippen molar-refractivity contribution in [3.63, 3.8) is 0 Å². The molecule has 0 aromatic heterocycles. The quantitative estimate of drug-likeness (QED) is 0.614. The zero-order valence-corrected chi connectivity index (χ0v) is 16.3. The number of fused-ring (bicyclic) bond motifs is 2. The summed E-state index contributed by atoms with van der Waals surface area (Å²) in [6, 6.07) is 4.01. The topological polar surface area (TPSA) is 95.9 Å². The molecule has 1 aromatic rings. The molecule has 0 bridgehead atoms. The third-order valence-electron chi connectivity index (χ3n) is 4.56. The summed E-state index contributed by atoms with van der Waals surface area (Å²) in [5.74, 6) is 0.341. The van der Waals surface area contributed by atoms with E-state index in [1.807, 2.05) is 37.7 Å². The Morgan fingerprint density at radius 1 is 1.22 bits per heavy atom. The van der Waals surface area contributed by atoms with E-state index in [0.717, 1.165) is 48.2 Å². The van der Waals surface area contributed by atoms with E-state index in [0.29, 0.717) is 12.4 Å². The number of hydrogen-bond acceptors (Lipinski definition) is 6. The van der Waals surface area contributed by atoms with Crippen LogP contribution in [0.5, 0.6) is 0 Å². The Balaban J connectivity index is 2.20. The Bertz CT molecular complexity index is 1040. The fourth-order valence-electron chi connectivity index (χ4n) is 3.09. The Morgan fingerprint density at radius 2 is 2.00 bits per heavy atom. The van der Waals surface area contributed by atoms with Crippen LogP contribution in [-0.4, -0.2) is 51.6 Å². The average Bonchev–Trinajstić information content (AvgIpc) is 2.60. The number of rotatable bonds is 7. The lowest BCUT2D eigenvalue weighted by Gasteiger charge is -2.19. The van der Waals surface area contributed by atoms with Gasteiger partial charge in [-0.3, -0.25) is 9.78 Å². The zero-order valence-electron chi connectivity index (χ0n) is 16.3. The van der Waals surface area contributed by atoms with Crippen molar-refractivity contribution in [2.45, 2.75) is 33.2 Å². The summed E-state index contributed by atoms with van der Waals surface area (Å²) in [6.07, 6.45) is 1.91. The highest BCUT2D eigenvalue weighted by atomic mass is 16.2. The van der Waals surface area contributed by atoms with Gasteiger partial charge < -0.3 is 14.8 Å². The Labute approximate surface area is 157 Å². The molecule has 0 saturated carbocycles. The SMILES string of the molecule is CCCCn1c2nc(=O)[nH]c(=O)c-2nc2cc(C)c(NCCN(C)C)cc21. The summed E-state index contributed by atoms with van der Waals surface area (Å²) in [4.78, 5) is 36.9. The van der Waals surface area contributed by atoms with Crippen LogP contribution >= 0.6 is 0 Å². The smallest absolute Gasteiger partial charge is 0.349 e. The second kappa shape index (κ2) is 7.87. The van der Waals surface area contributed by atoms with Crippen LogP contribution in [0.3, 0.4) is 0 Å². The molecule has 0 atom stereocenters. The largest absolute Gasteiger partial charge is 0.383 e. The third-order valence-corrected chi connectivity index (χ3v) is 4.56. The molecular formula is C19H26N6O2. The number of nitrogens with one attached hydrogen (secondary N) is 2. The Morgan fingerprint density at radius 3 is 2.70 bits per heavy atom. The number of likely N-dealkylation sites (N-methyl/N-ethyl adjacent to an activating group) is 1. The van der Waals surface area contributed by atoms with E-state index in [4.69, 9.17) is 0 Å². The van der Waals surface area contributed by atoms with Gasteiger partial charge in [0.2, 0.25) is 0 Å². The lowest BCUT2D eigenvalue weighted by Crippen LogP contribution is -2.29. The minimum atomic E-state index is -0.643. The molecule has 0 radical (unpaired) electrons. The molecule has 0 saturated heterocycles. The van der Waals surface area contributed by atoms with Crippen molar-refractivity contribution in [1.29, 1.82) is 0 Å². The van der Waals surface area contributed by atoms with Gasteiger partial charge in [0.15, 0.2) is 11.5 Å². The molecule has 3 rings (SSSR count). The Hall–Kier alpha value is -2.74. The van der Waals surface area contributed by atoms with Gasteiger partial charge in [-0.25, -0.2) is 9.78 Å². The van der Waals surface area contributed by atoms with E-state index in [1.54, 1.807) is 0 Å². The molecule has 8 heteroatoms. The van der Waals surface area contributed by atoms with E-state index in [2.05, 4.69) is 32.1 Å². The standard InChI is InChI=1S/C19H26N6O2/c1-5-6-8-25-15-11-13(20-7-9-24(3)4)12(2)10-14(15)21-16-17(25)22-19(27)23-18(16)26/h10-11,20H,5-9H2,1-4H3,(H,23,26,27). The number of aromatic nitrogens is 4. The molecule has 2 aliphatic rings. The molecule has 0 aliphatic carbocycles. The molecule has 2 aliphatic heterocycles. The maximum absolute atomic E-state index is 12.2. The van der Waals surface area contributed by atoms with Crippen molar-refractivity contribution >= 4 is 16.7 Å². The maximum atomic E-state index is 12.2. The van der Waals surface area contributed by atoms with Crippen molar-refractivity contribution in [2.75, 3.05) is 32.5 Å². The summed E-state index contributed by atoms with van der Waals surface area (Å²) < 4.78 is 1.94. The van der Waals surface area contributed by atoms with Crippen molar-refractivity contribution < 1.29 is 0 Å². The first-order valence-corrected chi connectivity index (χ1v) is 9.24. The van der Waals surface area contributed by atoms with Gasteiger partial charge >= 0.3 is 5.69 Å². The second-order valence-electron chi connectivity index (χ2n) is 7.05. The predicted molar refractivity (Wildman–Crippen MR) is 108 cm³/mol. The van der Waals surface area contributed by atoms with Gasteiger partial charge in [-0.1, -0.05) is 13.3 Å². The highest BCUT2D eigenvalue weighted by Crippen LogP contribution is 2.26. The van der Waals surface area contributed by atoms with Gasteiger partial charge in [-0.2, -0.15) is 4.98 Å². The van der Waals surface area contributed by atoms with Crippen molar-refractivity contribution in [2.24, 2.45) is 0 Å². The average molecular weight is 370 g/mol. The molecule has 0 unspecified atom stereocenters. The number of unbranched alkanes of at least 4 members (excludes halogenated alkanes) is 1. The van der Waals surface area contributed by atoms with E-state index >= 15 is 0 Å². The molecule has 8 nitrogen and oxygen atoms in total. The number of aryl methyl sites for hydroxylation is 2. The van der Waals surface area contributed by atoms with Crippen LogP contribution in [0.15, 0.2) is 21.7 Å². The third kappa shape index (κ3) is 4.00. The fraction of sp³-hybridized carbons (Fsp3) is 0.474. The number of aromatic amines is 1. The molecule has 1 aromatic carbocycles. The van der Waals surface area contributed by atoms with Crippen LogP contribution in [-0.2, 0) is 6.54 Å². The minimum Gasteiger partial charge on any atom is -0.383 e.